The van der Waals surface area contributed by atoms with Gasteiger partial charge in [0.15, 0.2) is 0 Å². The molecule has 0 aliphatic rings. The highest BCUT2D eigenvalue weighted by molar-refractivity contribution is 8.01. The van der Waals surface area contributed by atoms with Crippen molar-refractivity contribution in [3.8, 4) is 0 Å². The van der Waals surface area contributed by atoms with E-state index in [0.29, 0.717) is 0 Å². The molecular weight excluding hydrogens is 258 g/mol. The molecule has 0 unspecified atom stereocenters. The molecule has 1 aromatic heterocycles. The van der Waals surface area contributed by atoms with Crippen molar-refractivity contribution in [2.75, 3.05) is 13.6 Å². The fraction of sp³-hybridized carbons (Fsp3) is 0.333. The first-order valence-corrected chi connectivity index (χ1v) is 7.89. The van der Waals surface area contributed by atoms with Crippen molar-refractivity contribution >= 4 is 23.1 Å². The first kappa shape index (κ1) is 13.7. The number of hydrogen-bond donors (Lipinski definition) is 1. The molecule has 1 N–H and O–H groups in total. The highest BCUT2D eigenvalue weighted by atomic mass is 32.2. The van der Waals surface area contributed by atoms with Crippen molar-refractivity contribution in [2.24, 2.45) is 0 Å². The largest absolute Gasteiger partial charge is 0.320 e. The van der Waals surface area contributed by atoms with Crippen LogP contribution in [0.1, 0.15) is 16.9 Å². The maximum Gasteiger partial charge on any atom is 0.0649 e. The van der Waals surface area contributed by atoms with Crippen molar-refractivity contribution in [1.29, 1.82) is 0 Å². The summed E-state index contributed by atoms with van der Waals surface area (Å²) in [5.41, 5.74) is 1.43. The van der Waals surface area contributed by atoms with Crippen LogP contribution in [0.5, 0.6) is 0 Å². The van der Waals surface area contributed by atoms with Gasteiger partial charge < -0.3 is 5.32 Å². The molecule has 3 heteroatoms. The Morgan fingerprint density at radius 3 is 2.83 bits per heavy atom. The Morgan fingerprint density at radius 1 is 1.22 bits per heavy atom. The third kappa shape index (κ3) is 4.16. The van der Waals surface area contributed by atoms with E-state index in [1.807, 2.05) is 30.1 Å². The molecule has 0 fully saturated rings. The van der Waals surface area contributed by atoms with E-state index < -0.39 is 0 Å². The Balaban J connectivity index is 1.98. The minimum atomic E-state index is 1.08. The predicted molar refractivity (Wildman–Crippen MR) is 81.9 cm³/mol. The van der Waals surface area contributed by atoms with Crippen molar-refractivity contribution in [3.63, 3.8) is 0 Å². The summed E-state index contributed by atoms with van der Waals surface area (Å²) in [5.74, 6) is 0. The Hall–Kier alpha value is -0.770. The molecule has 0 saturated heterocycles. The summed E-state index contributed by atoms with van der Waals surface area (Å²) in [7, 11) is 2.01. The Bertz CT molecular complexity index is 491. The average Bonchev–Trinajstić information content (AvgIpc) is 2.76. The highest BCUT2D eigenvalue weighted by Gasteiger charge is 2.01. The van der Waals surface area contributed by atoms with Crippen molar-refractivity contribution in [2.45, 2.75) is 28.9 Å². The molecule has 96 valence electrons. The van der Waals surface area contributed by atoms with Crippen LogP contribution in [0.15, 0.2) is 45.5 Å². The van der Waals surface area contributed by atoms with Crippen LogP contribution in [-0.2, 0) is 6.42 Å². The van der Waals surface area contributed by atoms with E-state index in [0.717, 1.165) is 13.0 Å². The van der Waals surface area contributed by atoms with Gasteiger partial charge in [0, 0.05) is 9.77 Å². The second-order valence-electron chi connectivity index (χ2n) is 4.32. The van der Waals surface area contributed by atoms with Gasteiger partial charge in [-0.15, -0.1) is 11.3 Å². The van der Waals surface area contributed by atoms with Gasteiger partial charge in [-0.25, -0.2) is 0 Å². The van der Waals surface area contributed by atoms with Crippen LogP contribution in [0, 0.1) is 6.92 Å². The van der Waals surface area contributed by atoms with Crippen LogP contribution in [0.2, 0.25) is 0 Å². The normalized spacial score (nSPS) is 10.8. The van der Waals surface area contributed by atoms with E-state index in [1.54, 1.807) is 0 Å². The van der Waals surface area contributed by atoms with Crippen molar-refractivity contribution < 1.29 is 0 Å². The van der Waals surface area contributed by atoms with E-state index in [-0.39, 0.29) is 0 Å². The van der Waals surface area contributed by atoms with Gasteiger partial charge in [0.25, 0.3) is 0 Å². The number of nitrogens with one attached hydrogen (secondary N) is 1. The van der Waals surface area contributed by atoms with Crippen LogP contribution in [0.4, 0.5) is 0 Å². The third-order valence-corrected chi connectivity index (χ3v) is 4.85. The SMILES string of the molecule is CNCCCc1cccc(Sc2ccc(C)s2)c1. The molecule has 1 heterocycles. The summed E-state index contributed by atoms with van der Waals surface area (Å²) in [5, 5.41) is 3.19. The lowest BCUT2D eigenvalue weighted by molar-refractivity contribution is 0.724. The maximum atomic E-state index is 3.19. The summed E-state index contributed by atoms with van der Waals surface area (Å²) in [6, 6.07) is 13.3. The highest BCUT2D eigenvalue weighted by Crippen LogP contribution is 2.33. The van der Waals surface area contributed by atoms with Gasteiger partial charge in [0.1, 0.15) is 0 Å². The van der Waals surface area contributed by atoms with Gasteiger partial charge in [-0.3, -0.25) is 0 Å². The molecule has 0 atom stereocenters. The summed E-state index contributed by atoms with van der Waals surface area (Å²) < 4.78 is 1.37. The molecule has 0 amide bonds. The van der Waals surface area contributed by atoms with E-state index in [2.05, 4.69) is 48.6 Å². The van der Waals surface area contributed by atoms with Crippen LogP contribution in [0.3, 0.4) is 0 Å². The summed E-state index contributed by atoms with van der Waals surface area (Å²) in [4.78, 5) is 2.72. The lowest BCUT2D eigenvalue weighted by Crippen LogP contribution is -2.08. The lowest BCUT2D eigenvalue weighted by atomic mass is 10.1. The van der Waals surface area contributed by atoms with Crippen molar-refractivity contribution in [3.05, 3.63) is 46.8 Å². The predicted octanol–water partition coefficient (Wildman–Crippen LogP) is 4.36. The van der Waals surface area contributed by atoms with Crippen LogP contribution in [-0.4, -0.2) is 13.6 Å². The van der Waals surface area contributed by atoms with Gasteiger partial charge in [-0.1, -0.05) is 23.9 Å². The molecule has 0 aliphatic carbocycles. The number of aryl methyl sites for hydroxylation is 2. The Morgan fingerprint density at radius 2 is 2.11 bits per heavy atom. The zero-order valence-corrected chi connectivity index (χ0v) is 12.5. The summed E-state index contributed by atoms with van der Waals surface area (Å²) >= 11 is 3.73. The van der Waals surface area contributed by atoms with Gasteiger partial charge >= 0.3 is 0 Å². The molecule has 18 heavy (non-hydrogen) atoms. The fourth-order valence-electron chi connectivity index (χ4n) is 1.82. The fourth-order valence-corrected chi connectivity index (χ4v) is 3.98. The van der Waals surface area contributed by atoms with Gasteiger partial charge in [-0.2, -0.15) is 0 Å². The van der Waals surface area contributed by atoms with Crippen LogP contribution in [0.25, 0.3) is 0 Å². The second kappa shape index (κ2) is 6.98. The topological polar surface area (TPSA) is 12.0 Å². The second-order valence-corrected chi connectivity index (χ2v) is 6.98. The molecule has 0 saturated carbocycles. The van der Waals surface area contributed by atoms with Gasteiger partial charge in [0.2, 0.25) is 0 Å². The zero-order chi connectivity index (χ0) is 12.8. The molecule has 0 aliphatic heterocycles. The number of hydrogen-bond acceptors (Lipinski definition) is 3. The number of rotatable bonds is 6. The number of thiophene rings is 1. The smallest absolute Gasteiger partial charge is 0.0649 e. The van der Waals surface area contributed by atoms with Crippen LogP contribution >= 0.6 is 23.1 Å². The van der Waals surface area contributed by atoms with E-state index in [1.165, 1.54) is 26.0 Å². The minimum Gasteiger partial charge on any atom is -0.320 e. The van der Waals surface area contributed by atoms with Crippen LogP contribution < -0.4 is 5.32 Å². The summed E-state index contributed by atoms with van der Waals surface area (Å²) in [6.45, 7) is 3.24. The molecule has 1 nitrogen and oxygen atoms in total. The summed E-state index contributed by atoms with van der Waals surface area (Å²) in [6.07, 6.45) is 2.35. The Kier molecular flexibility index (Phi) is 5.29. The lowest BCUT2D eigenvalue weighted by Gasteiger charge is -2.04. The van der Waals surface area contributed by atoms with E-state index in [9.17, 15) is 0 Å². The quantitative estimate of drug-likeness (QED) is 0.787. The van der Waals surface area contributed by atoms with Crippen molar-refractivity contribution in [1.82, 2.24) is 5.32 Å². The number of benzene rings is 1. The molecule has 0 radical (unpaired) electrons. The molecule has 0 bridgehead atoms. The molecule has 2 aromatic rings. The molecular formula is C15H19NS2. The first-order valence-electron chi connectivity index (χ1n) is 6.26. The molecule has 1 aromatic carbocycles. The molecule has 0 spiro atoms. The Labute approximate surface area is 118 Å². The van der Waals surface area contributed by atoms with Gasteiger partial charge in [0.05, 0.1) is 4.21 Å². The zero-order valence-electron chi connectivity index (χ0n) is 10.9. The monoisotopic (exact) mass is 277 g/mol. The van der Waals surface area contributed by atoms with E-state index in [4.69, 9.17) is 0 Å². The maximum absolute atomic E-state index is 3.19. The standard InChI is InChI=1S/C15H19NS2/c1-12-8-9-15(17-12)18-14-7-3-5-13(11-14)6-4-10-16-2/h3,5,7-9,11,16H,4,6,10H2,1-2H3. The van der Waals surface area contributed by atoms with E-state index >= 15 is 0 Å². The minimum absolute atomic E-state index is 1.08. The third-order valence-electron chi connectivity index (χ3n) is 2.72. The first-order chi connectivity index (χ1) is 8.78. The van der Waals surface area contributed by atoms with Gasteiger partial charge in [-0.05, 0) is 63.2 Å². The average molecular weight is 277 g/mol. The molecule has 2 rings (SSSR count).